The van der Waals surface area contributed by atoms with Crippen LogP contribution in [0.5, 0.6) is 5.75 Å². The SMILES string of the molecule is N#C/C(=C(/O)COC(=O)COc1cccc(Br)c1)c1nc2ccccc2[nH]1. The van der Waals surface area contributed by atoms with E-state index in [1.54, 1.807) is 30.3 Å². The first-order chi connectivity index (χ1) is 13.1. The van der Waals surface area contributed by atoms with Gasteiger partial charge in [-0.25, -0.2) is 9.78 Å². The van der Waals surface area contributed by atoms with Crippen LogP contribution < -0.4 is 4.74 Å². The van der Waals surface area contributed by atoms with E-state index in [-0.39, 0.29) is 18.0 Å². The number of carbonyl (C=O) groups is 1. The number of nitriles is 1. The van der Waals surface area contributed by atoms with E-state index in [1.165, 1.54) is 0 Å². The van der Waals surface area contributed by atoms with Crippen LogP contribution in [0.25, 0.3) is 16.6 Å². The first-order valence-corrected chi connectivity index (χ1v) is 8.67. The van der Waals surface area contributed by atoms with Gasteiger partial charge in [0.15, 0.2) is 18.2 Å². The second-order valence-corrected chi connectivity index (χ2v) is 6.36. The fraction of sp³-hybridized carbons (Fsp3) is 0.105. The minimum atomic E-state index is -0.677. The number of ether oxygens (including phenoxy) is 2. The van der Waals surface area contributed by atoms with Crippen LogP contribution in [0.3, 0.4) is 0 Å². The first kappa shape index (κ1) is 18.5. The van der Waals surface area contributed by atoms with Crippen molar-refractivity contribution in [3.05, 3.63) is 64.6 Å². The Morgan fingerprint density at radius 1 is 1.22 bits per heavy atom. The Bertz CT molecular complexity index is 1020. The number of H-pyrrole nitrogens is 1. The third kappa shape index (κ3) is 4.65. The molecule has 0 fully saturated rings. The van der Waals surface area contributed by atoms with E-state index in [0.717, 1.165) is 9.99 Å². The lowest BCUT2D eigenvalue weighted by Gasteiger charge is -2.07. The summed E-state index contributed by atoms with van der Waals surface area (Å²) in [5.74, 6) is -0.366. The molecular formula is C19H14BrN3O4. The molecule has 0 atom stereocenters. The number of benzene rings is 2. The zero-order valence-electron chi connectivity index (χ0n) is 14.0. The molecule has 0 aliphatic carbocycles. The molecule has 0 saturated heterocycles. The Morgan fingerprint density at radius 3 is 2.78 bits per heavy atom. The molecule has 0 aliphatic rings. The summed E-state index contributed by atoms with van der Waals surface area (Å²) in [6.45, 7) is -0.781. The maximum atomic E-state index is 11.8. The van der Waals surface area contributed by atoms with Crippen LogP contribution in [0, 0.1) is 11.3 Å². The molecule has 0 unspecified atom stereocenters. The second-order valence-electron chi connectivity index (χ2n) is 5.44. The quantitative estimate of drug-likeness (QED) is 0.352. The number of aliphatic hydroxyl groups excluding tert-OH is 1. The number of imidazole rings is 1. The molecule has 0 spiro atoms. The zero-order chi connectivity index (χ0) is 19.2. The number of hydrogen-bond acceptors (Lipinski definition) is 6. The summed E-state index contributed by atoms with van der Waals surface area (Å²) in [5.41, 5.74) is 1.30. The largest absolute Gasteiger partial charge is 0.507 e. The molecule has 0 bridgehead atoms. The predicted octanol–water partition coefficient (Wildman–Crippen LogP) is 3.74. The van der Waals surface area contributed by atoms with Gasteiger partial charge in [-0.2, -0.15) is 5.26 Å². The van der Waals surface area contributed by atoms with E-state index in [1.807, 2.05) is 24.3 Å². The van der Waals surface area contributed by atoms with Crippen molar-refractivity contribution in [3.63, 3.8) is 0 Å². The number of rotatable bonds is 6. The second kappa shape index (κ2) is 8.38. The van der Waals surface area contributed by atoms with Crippen molar-refractivity contribution in [2.24, 2.45) is 0 Å². The first-order valence-electron chi connectivity index (χ1n) is 7.88. The molecule has 8 heteroatoms. The normalized spacial score (nSPS) is 11.6. The van der Waals surface area contributed by atoms with Crippen LogP contribution in [0.4, 0.5) is 0 Å². The van der Waals surface area contributed by atoms with Gasteiger partial charge in [0.05, 0.1) is 11.0 Å². The number of nitrogens with one attached hydrogen (secondary N) is 1. The lowest BCUT2D eigenvalue weighted by atomic mass is 10.2. The van der Waals surface area contributed by atoms with Crippen molar-refractivity contribution >= 4 is 38.5 Å². The van der Waals surface area contributed by atoms with E-state index in [4.69, 9.17) is 9.47 Å². The topological polar surface area (TPSA) is 108 Å². The third-order valence-electron chi connectivity index (χ3n) is 3.55. The molecule has 1 aromatic heterocycles. The maximum absolute atomic E-state index is 11.8. The Hall–Kier alpha value is -3.31. The van der Waals surface area contributed by atoms with E-state index >= 15 is 0 Å². The van der Waals surface area contributed by atoms with Gasteiger partial charge in [0.2, 0.25) is 0 Å². The highest BCUT2D eigenvalue weighted by Crippen LogP contribution is 2.19. The highest BCUT2D eigenvalue weighted by molar-refractivity contribution is 9.10. The summed E-state index contributed by atoms with van der Waals surface area (Å²) >= 11 is 3.30. The van der Waals surface area contributed by atoms with Crippen LogP contribution >= 0.6 is 15.9 Å². The number of halogens is 1. The van der Waals surface area contributed by atoms with Crippen molar-refractivity contribution in [3.8, 4) is 11.8 Å². The fourth-order valence-corrected chi connectivity index (χ4v) is 2.67. The molecule has 1 heterocycles. The number of carbonyl (C=O) groups excluding carboxylic acids is 1. The monoisotopic (exact) mass is 427 g/mol. The summed E-state index contributed by atoms with van der Waals surface area (Å²) in [6.07, 6.45) is 0. The fourth-order valence-electron chi connectivity index (χ4n) is 2.29. The number of esters is 1. The molecule has 0 aliphatic heterocycles. The number of aliphatic hydroxyl groups is 1. The Kier molecular flexibility index (Phi) is 5.74. The van der Waals surface area contributed by atoms with E-state index in [2.05, 4.69) is 25.9 Å². The van der Waals surface area contributed by atoms with Crippen LogP contribution in [0.1, 0.15) is 5.82 Å². The number of aromatic nitrogens is 2. The minimum Gasteiger partial charge on any atom is -0.507 e. The number of nitrogens with zero attached hydrogens (tertiary/aromatic N) is 2. The third-order valence-corrected chi connectivity index (χ3v) is 4.04. The van der Waals surface area contributed by atoms with Gasteiger partial charge in [-0.15, -0.1) is 0 Å². The standard InChI is InChI=1S/C19H14BrN3O4/c20-12-4-3-5-13(8-12)26-11-18(25)27-10-17(24)14(9-21)19-22-15-6-1-2-7-16(15)23-19/h1-8,24H,10-11H2,(H,22,23)/b17-14-. The molecule has 0 radical (unpaired) electrons. The van der Waals surface area contributed by atoms with Crippen LogP contribution in [-0.4, -0.2) is 34.3 Å². The molecule has 3 aromatic rings. The van der Waals surface area contributed by atoms with E-state index < -0.39 is 18.3 Å². The average Bonchev–Trinajstić information content (AvgIpc) is 3.09. The molecule has 2 aromatic carbocycles. The number of hydrogen-bond donors (Lipinski definition) is 2. The lowest BCUT2D eigenvalue weighted by molar-refractivity contribution is -0.145. The van der Waals surface area contributed by atoms with Gasteiger partial charge < -0.3 is 19.6 Å². The molecule has 0 saturated carbocycles. The lowest BCUT2D eigenvalue weighted by Crippen LogP contribution is -2.16. The minimum absolute atomic E-state index is 0.0908. The van der Waals surface area contributed by atoms with Gasteiger partial charge in [0, 0.05) is 4.47 Å². The summed E-state index contributed by atoms with van der Waals surface area (Å²) in [6, 6.07) is 16.1. The highest BCUT2D eigenvalue weighted by atomic mass is 79.9. The maximum Gasteiger partial charge on any atom is 0.344 e. The number of allylic oxidation sites excluding steroid dienone is 1. The van der Waals surface area contributed by atoms with Gasteiger partial charge in [-0.1, -0.05) is 34.1 Å². The zero-order valence-corrected chi connectivity index (χ0v) is 15.6. The van der Waals surface area contributed by atoms with Crippen molar-refractivity contribution in [2.75, 3.05) is 13.2 Å². The van der Waals surface area contributed by atoms with Gasteiger partial charge >= 0.3 is 5.97 Å². The summed E-state index contributed by atoms with van der Waals surface area (Å²) < 4.78 is 11.1. The van der Waals surface area contributed by atoms with Crippen molar-refractivity contribution in [1.82, 2.24) is 9.97 Å². The Labute approximate surface area is 163 Å². The smallest absolute Gasteiger partial charge is 0.344 e. The van der Waals surface area contributed by atoms with Gasteiger partial charge in [0.25, 0.3) is 0 Å². The molecule has 136 valence electrons. The van der Waals surface area contributed by atoms with E-state index in [0.29, 0.717) is 11.3 Å². The molecular weight excluding hydrogens is 414 g/mol. The summed E-state index contributed by atoms with van der Waals surface area (Å²) in [7, 11) is 0. The summed E-state index contributed by atoms with van der Waals surface area (Å²) in [5, 5.41) is 19.5. The molecule has 3 rings (SSSR count). The predicted molar refractivity (Wildman–Crippen MR) is 102 cm³/mol. The van der Waals surface area contributed by atoms with Crippen molar-refractivity contribution in [2.45, 2.75) is 0 Å². The van der Waals surface area contributed by atoms with Crippen LogP contribution in [0.2, 0.25) is 0 Å². The Balaban J connectivity index is 1.62. The van der Waals surface area contributed by atoms with Gasteiger partial charge in [-0.3, -0.25) is 0 Å². The highest BCUT2D eigenvalue weighted by Gasteiger charge is 2.15. The summed E-state index contributed by atoms with van der Waals surface area (Å²) in [4.78, 5) is 19.0. The van der Waals surface area contributed by atoms with Crippen molar-refractivity contribution < 1.29 is 19.4 Å². The molecule has 27 heavy (non-hydrogen) atoms. The average molecular weight is 428 g/mol. The molecule has 7 nitrogen and oxygen atoms in total. The van der Waals surface area contributed by atoms with Gasteiger partial charge in [0.1, 0.15) is 24.0 Å². The Morgan fingerprint density at radius 2 is 2.04 bits per heavy atom. The van der Waals surface area contributed by atoms with E-state index in [9.17, 15) is 15.2 Å². The molecule has 0 amide bonds. The number of fused-ring (bicyclic) bond motifs is 1. The van der Waals surface area contributed by atoms with Gasteiger partial charge in [-0.05, 0) is 30.3 Å². The number of aromatic amines is 1. The van der Waals surface area contributed by atoms with Crippen LogP contribution in [0.15, 0.2) is 58.8 Å². The van der Waals surface area contributed by atoms with Crippen molar-refractivity contribution in [1.29, 1.82) is 5.26 Å². The van der Waals surface area contributed by atoms with Crippen LogP contribution in [-0.2, 0) is 9.53 Å². The number of para-hydroxylation sites is 2. The molecule has 2 N–H and O–H groups in total.